The van der Waals surface area contributed by atoms with E-state index >= 15 is 0 Å². The molecule has 134 valence electrons. The number of hydrogen-bond donors (Lipinski definition) is 2. The fourth-order valence-corrected chi connectivity index (χ4v) is 3.51. The molecule has 0 aliphatic carbocycles. The van der Waals surface area contributed by atoms with E-state index in [1.165, 1.54) is 30.6 Å². The van der Waals surface area contributed by atoms with Crippen LogP contribution in [0, 0.1) is 6.92 Å². The van der Waals surface area contributed by atoms with Gasteiger partial charge in [0.25, 0.3) is 0 Å². The van der Waals surface area contributed by atoms with Crippen LogP contribution in [0.5, 0.6) is 17.2 Å². The number of carbonyl (C=O) groups is 1. The Kier molecular flexibility index (Phi) is 7.33. The van der Waals surface area contributed by atoms with E-state index in [1.807, 2.05) is 13.0 Å². The number of aromatic hydroxyl groups is 2. The second-order valence-corrected chi connectivity index (χ2v) is 7.36. The molecular weight excluding hydrogens is 360 g/mol. The van der Waals surface area contributed by atoms with Crippen LogP contribution in [0.15, 0.2) is 46.2 Å². The van der Waals surface area contributed by atoms with Gasteiger partial charge in [-0.05, 0) is 48.9 Å². The Balaban J connectivity index is 1.69. The molecule has 0 amide bonds. The summed E-state index contributed by atoms with van der Waals surface area (Å²) in [5.74, 6) is 1.32. The molecular formula is C18H20O5S2. The first kappa shape index (κ1) is 19.3. The summed E-state index contributed by atoms with van der Waals surface area (Å²) in [6.45, 7) is 2.12. The summed E-state index contributed by atoms with van der Waals surface area (Å²) in [5.41, 5.74) is 0.777. The van der Waals surface area contributed by atoms with Gasteiger partial charge in [-0.1, -0.05) is 0 Å². The Bertz CT molecular complexity index is 733. The first-order valence-electron chi connectivity index (χ1n) is 7.57. The predicted octanol–water partition coefficient (Wildman–Crippen LogP) is 3.84. The average molecular weight is 380 g/mol. The van der Waals surface area contributed by atoms with Gasteiger partial charge < -0.3 is 19.7 Å². The van der Waals surface area contributed by atoms with Crippen LogP contribution >= 0.6 is 23.5 Å². The molecule has 2 rings (SSSR count). The minimum atomic E-state index is -0.278. The SMILES string of the molecule is COc1cc(SCCOC(=O)CSc2ccc(O)c(C)c2)ccc1O. The van der Waals surface area contributed by atoms with Crippen LogP contribution in [0.3, 0.4) is 0 Å². The number of esters is 1. The molecule has 0 aliphatic heterocycles. The first-order valence-corrected chi connectivity index (χ1v) is 9.54. The molecule has 7 heteroatoms. The third-order valence-corrected chi connectivity index (χ3v) is 5.22. The predicted molar refractivity (Wildman–Crippen MR) is 99.9 cm³/mol. The van der Waals surface area contributed by atoms with Crippen molar-refractivity contribution in [2.24, 2.45) is 0 Å². The highest BCUT2D eigenvalue weighted by atomic mass is 32.2. The van der Waals surface area contributed by atoms with E-state index in [1.54, 1.807) is 30.3 Å². The molecule has 2 N–H and O–H groups in total. The van der Waals surface area contributed by atoms with Crippen LogP contribution in [-0.4, -0.2) is 41.4 Å². The van der Waals surface area contributed by atoms with Crippen molar-refractivity contribution in [3.63, 3.8) is 0 Å². The van der Waals surface area contributed by atoms with Gasteiger partial charge in [0, 0.05) is 15.5 Å². The summed E-state index contributed by atoms with van der Waals surface area (Å²) in [4.78, 5) is 13.6. The zero-order valence-electron chi connectivity index (χ0n) is 14.0. The Morgan fingerprint density at radius 2 is 1.72 bits per heavy atom. The van der Waals surface area contributed by atoms with Crippen LogP contribution in [0.2, 0.25) is 0 Å². The number of rotatable bonds is 8. The third kappa shape index (κ3) is 6.10. The van der Waals surface area contributed by atoms with Crippen LogP contribution in [0.1, 0.15) is 5.56 Å². The minimum absolute atomic E-state index is 0.0970. The molecule has 0 aliphatic rings. The van der Waals surface area contributed by atoms with Crippen molar-refractivity contribution >= 4 is 29.5 Å². The topological polar surface area (TPSA) is 76.0 Å². The van der Waals surface area contributed by atoms with Crippen molar-refractivity contribution in [3.05, 3.63) is 42.0 Å². The number of hydrogen-bond acceptors (Lipinski definition) is 7. The summed E-state index contributed by atoms with van der Waals surface area (Å²) in [5, 5.41) is 19.0. The monoisotopic (exact) mass is 380 g/mol. The van der Waals surface area contributed by atoms with Crippen LogP contribution in [0.25, 0.3) is 0 Å². The van der Waals surface area contributed by atoms with Gasteiger partial charge in [0.1, 0.15) is 12.4 Å². The maximum Gasteiger partial charge on any atom is 0.316 e. The van der Waals surface area contributed by atoms with Crippen LogP contribution in [-0.2, 0) is 9.53 Å². The van der Waals surface area contributed by atoms with Gasteiger partial charge >= 0.3 is 5.97 Å². The highest BCUT2D eigenvalue weighted by Crippen LogP contribution is 2.31. The van der Waals surface area contributed by atoms with Gasteiger partial charge in [-0.2, -0.15) is 0 Å². The summed E-state index contributed by atoms with van der Waals surface area (Å²) < 4.78 is 10.3. The van der Waals surface area contributed by atoms with Gasteiger partial charge in [0.15, 0.2) is 11.5 Å². The Labute approximate surface area is 155 Å². The van der Waals surface area contributed by atoms with E-state index in [0.29, 0.717) is 18.1 Å². The molecule has 0 aromatic heterocycles. The zero-order chi connectivity index (χ0) is 18.2. The molecule has 0 radical (unpaired) electrons. The summed E-state index contributed by atoms with van der Waals surface area (Å²) >= 11 is 2.89. The number of phenolic OH excluding ortho intramolecular Hbond substituents is 2. The molecule has 25 heavy (non-hydrogen) atoms. The lowest BCUT2D eigenvalue weighted by Gasteiger charge is -2.07. The highest BCUT2D eigenvalue weighted by Gasteiger charge is 2.07. The maximum absolute atomic E-state index is 11.8. The summed E-state index contributed by atoms with van der Waals surface area (Å²) in [7, 11) is 1.50. The molecule has 2 aromatic rings. The normalized spacial score (nSPS) is 10.5. The smallest absolute Gasteiger partial charge is 0.316 e. The van der Waals surface area contributed by atoms with Crippen LogP contribution in [0.4, 0.5) is 0 Å². The number of methoxy groups -OCH3 is 1. The van der Waals surface area contributed by atoms with E-state index in [9.17, 15) is 15.0 Å². The van der Waals surface area contributed by atoms with Gasteiger partial charge in [-0.15, -0.1) is 23.5 Å². The highest BCUT2D eigenvalue weighted by molar-refractivity contribution is 8.00. The number of benzene rings is 2. The second kappa shape index (κ2) is 9.48. The fourth-order valence-electron chi connectivity index (χ4n) is 1.96. The van der Waals surface area contributed by atoms with Gasteiger partial charge in [-0.3, -0.25) is 4.79 Å². The van der Waals surface area contributed by atoms with E-state index in [2.05, 4.69) is 0 Å². The van der Waals surface area contributed by atoms with Gasteiger partial charge in [0.05, 0.1) is 12.9 Å². The Hall–Kier alpha value is -1.99. The minimum Gasteiger partial charge on any atom is -0.508 e. The lowest BCUT2D eigenvalue weighted by molar-refractivity contribution is -0.139. The molecule has 0 fully saturated rings. The number of aryl methyl sites for hydroxylation is 1. The molecule has 0 spiro atoms. The number of carbonyl (C=O) groups excluding carboxylic acids is 1. The van der Waals surface area contributed by atoms with Crippen molar-refractivity contribution in [2.75, 3.05) is 25.2 Å². The van der Waals surface area contributed by atoms with E-state index in [-0.39, 0.29) is 23.2 Å². The second-order valence-electron chi connectivity index (χ2n) is 5.14. The van der Waals surface area contributed by atoms with Crippen molar-refractivity contribution in [1.29, 1.82) is 0 Å². The van der Waals surface area contributed by atoms with E-state index in [0.717, 1.165) is 15.4 Å². The molecule has 2 aromatic carbocycles. The average Bonchev–Trinajstić information content (AvgIpc) is 2.61. The van der Waals surface area contributed by atoms with E-state index in [4.69, 9.17) is 9.47 Å². The van der Waals surface area contributed by atoms with Crippen LogP contribution < -0.4 is 4.74 Å². The Morgan fingerprint density at radius 3 is 2.40 bits per heavy atom. The lowest BCUT2D eigenvalue weighted by Crippen LogP contribution is -2.09. The van der Waals surface area contributed by atoms with Crippen molar-refractivity contribution in [3.8, 4) is 17.2 Å². The largest absolute Gasteiger partial charge is 0.508 e. The molecule has 0 saturated heterocycles. The van der Waals surface area contributed by atoms with Crippen molar-refractivity contribution in [1.82, 2.24) is 0 Å². The zero-order valence-corrected chi connectivity index (χ0v) is 15.7. The quantitative estimate of drug-likeness (QED) is 0.409. The van der Waals surface area contributed by atoms with E-state index < -0.39 is 0 Å². The third-order valence-electron chi connectivity index (χ3n) is 3.29. The van der Waals surface area contributed by atoms with Gasteiger partial charge in [0.2, 0.25) is 0 Å². The molecule has 0 saturated carbocycles. The van der Waals surface area contributed by atoms with Gasteiger partial charge in [-0.25, -0.2) is 0 Å². The summed E-state index contributed by atoms with van der Waals surface area (Å²) in [6.07, 6.45) is 0. The lowest BCUT2D eigenvalue weighted by atomic mass is 10.2. The molecule has 0 unspecified atom stereocenters. The molecule has 5 nitrogen and oxygen atoms in total. The number of thioether (sulfide) groups is 2. The van der Waals surface area contributed by atoms with Crippen molar-refractivity contribution in [2.45, 2.75) is 16.7 Å². The van der Waals surface area contributed by atoms with Crippen molar-refractivity contribution < 1.29 is 24.5 Å². The molecule has 0 heterocycles. The number of phenols is 2. The standard InChI is InChI=1S/C18H20O5S2/c1-12-9-13(3-5-15(12)19)25-11-18(21)23-7-8-24-14-4-6-16(20)17(10-14)22-2/h3-6,9-10,19-20H,7-8,11H2,1-2H3. The maximum atomic E-state index is 11.8. The number of ether oxygens (including phenoxy) is 2. The summed E-state index contributed by atoms with van der Waals surface area (Å²) in [6, 6.07) is 10.3. The molecule has 0 bridgehead atoms. The first-order chi connectivity index (χ1) is 12.0. The Morgan fingerprint density at radius 1 is 1.04 bits per heavy atom. The fraction of sp³-hybridized carbons (Fsp3) is 0.278. The molecule has 0 atom stereocenters.